The molecule has 0 radical (unpaired) electrons. The van der Waals surface area contributed by atoms with E-state index in [1.54, 1.807) is 17.1 Å². The third-order valence-corrected chi connectivity index (χ3v) is 1.93. The van der Waals surface area contributed by atoms with Crippen molar-refractivity contribution in [1.29, 1.82) is 5.41 Å². The van der Waals surface area contributed by atoms with Crippen LogP contribution in [0.4, 0.5) is 0 Å². The minimum Gasteiger partial charge on any atom is -0.405 e. The first-order chi connectivity index (χ1) is 6.79. The van der Waals surface area contributed by atoms with Crippen molar-refractivity contribution in [3.8, 4) is 0 Å². The average Bonchev–Trinajstić information content (AvgIpc) is 2.21. The summed E-state index contributed by atoms with van der Waals surface area (Å²) in [7, 11) is 0. The minimum absolute atomic E-state index is 0.0172. The number of hydrogen-bond donors (Lipinski definition) is 3. The van der Waals surface area contributed by atoms with Gasteiger partial charge in [-0.2, -0.15) is 0 Å². The fourth-order valence-electron chi connectivity index (χ4n) is 1.25. The zero-order valence-corrected chi connectivity index (χ0v) is 7.86. The molecule has 0 aliphatic carbocycles. The summed E-state index contributed by atoms with van der Waals surface area (Å²) in [5.74, 6) is -0.0172. The molecule has 0 spiro atoms. The molecule has 5 heteroatoms. The molecule has 0 aromatic rings. The lowest BCUT2D eigenvalue weighted by Crippen LogP contribution is -2.47. The van der Waals surface area contributed by atoms with Gasteiger partial charge in [0.2, 0.25) is 5.91 Å². The smallest absolute Gasteiger partial charge is 0.241 e. The average molecular weight is 194 g/mol. The Balaban J connectivity index is 2.76. The van der Waals surface area contributed by atoms with E-state index in [1.165, 1.54) is 6.20 Å². The van der Waals surface area contributed by atoms with Crippen LogP contribution >= 0.6 is 0 Å². The van der Waals surface area contributed by atoms with Crippen LogP contribution in [0.15, 0.2) is 24.0 Å². The molecule has 0 saturated carbocycles. The van der Waals surface area contributed by atoms with Crippen LogP contribution in [0.3, 0.4) is 0 Å². The van der Waals surface area contributed by atoms with Gasteiger partial charge in [0.25, 0.3) is 0 Å². The van der Waals surface area contributed by atoms with E-state index in [4.69, 9.17) is 11.1 Å². The molecule has 0 aromatic heterocycles. The number of hydrogen-bond acceptors (Lipinski definition) is 4. The Bertz CT molecular complexity index is 283. The Hall–Kier alpha value is -1.62. The van der Waals surface area contributed by atoms with Crippen LogP contribution in [0.5, 0.6) is 0 Å². The minimum atomic E-state index is -0.0172. The Morgan fingerprint density at radius 3 is 3.00 bits per heavy atom. The molecule has 1 fully saturated rings. The number of carbonyl (C=O) groups excluding carboxylic acids is 1. The summed E-state index contributed by atoms with van der Waals surface area (Å²) in [5, 5.41) is 10.1. The van der Waals surface area contributed by atoms with Crippen molar-refractivity contribution in [3.63, 3.8) is 0 Å². The van der Waals surface area contributed by atoms with E-state index in [0.29, 0.717) is 18.8 Å². The fourth-order valence-corrected chi connectivity index (χ4v) is 1.25. The number of piperazine rings is 1. The van der Waals surface area contributed by atoms with Gasteiger partial charge in [-0.3, -0.25) is 4.79 Å². The molecule has 14 heavy (non-hydrogen) atoms. The maximum atomic E-state index is 11.4. The number of nitrogens with two attached hydrogens (primary N) is 1. The topological polar surface area (TPSA) is 82.2 Å². The van der Waals surface area contributed by atoms with Crippen LogP contribution in [0, 0.1) is 5.41 Å². The third kappa shape index (κ3) is 2.43. The van der Waals surface area contributed by atoms with E-state index in [2.05, 4.69) is 5.32 Å². The van der Waals surface area contributed by atoms with Gasteiger partial charge in [0, 0.05) is 19.3 Å². The monoisotopic (exact) mass is 194 g/mol. The molecule has 1 aliphatic rings. The van der Waals surface area contributed by atoms with Crippen molar-refractivity contribution in [2.75, 3.05) is 19.6 Å². The largest absolute Gasteiger partial charge is 0.405 e. The lowest BCUT2D eigenvalue weighted by atomic mass is 10.3. The van der Waals surface area contributed by atoms with Crippen LogP contribution in [-0.2, 0) is 4.79 Å². The van der Waals surface area contributed by atoms with Crippen molar-refractivity contribution in [3.05, 3.63) is 24.0 Å². The highest BCUT2D eigenvalue weighted by Crippen LogP contribution is 2.04. The van der Waals surface area contributed by atoms with Gasteiger partial charge in [0.15, 0.2) is 0 Å². The number of amides is 1. The van der Waals surface area contributed by atoms with Crippen LogP contribution in [0.2, 0.25) is 0 Å². The summed E-state index contributed by atoms with van der Waals surface area (Å²) in [4.78, 5) is 13.0. The lowest BCUT2D eigenvalue weighted by Gasteiger charge is -2.27. The summed E-state index contributed by atoms with van der Waals surface area (Å²) in [6.45, 7) is 1.68. The number of nitrogens with zero attached hydrogens (tertiary/aromatic N) is 1. The lowest BCUT2D eigenvalue weighted by molar-refractivity contribution is -0.129. The number of allylic oxidation sites excluding steroid dienone is 3. The Morgan fingerprint density at radius 2 is 2.43 bits per heavy atom. The Morgan fingerprint density at radius 1 is 1.64 bits per heavy atom. The van der Waals surface area contributed by atoms with Gasteiger partial charge in [0.05, 0.1) is 12.2 Å². The third-order valence-electron chi connectivity index (χ3n) is 1.93. The molecule has 0 bridgehead atoms. The van der Waals surface area contributed by atoms with Crippen molar-refractivity contribution < 1.29 is 4.79 Å². The quantitative estimate of drug-likeness (QED) is 0.415. The predicted molar refractivity (Wildman–Crippen MR) is 54.8 cm³/mol. The Kier molecular flexibility index (Phi) is 3.87. The summed E-state index contributed by atoms with van der Waals surface area (Å²) in [6.07, 6.45) is 5.78. The van der Waals surface area contributed by atoms with Crippen LogP contribution in [0.25, 0.3) is 0 Å². The summed E-state index contributed by atoms with van der Waals surface area (Å²) < 4.78 is 0. The van der Waals surface area contributed by atoms with Gasteiger partial charge in [0.1, 0.15) is 0 Å². The molecule has 0 unspecified atom stereocenters. The van der Waals surface area contributed by atoms with E-state index >= 15 is 0 Å². The van der Waals surface area contributed by atoms with Crippen molar-refractivity contribution in [2.45, 2.75) is 0 Å². The van der Waals surface area contributed by atoms with Gasteiger partial charge in [-0.15, -0.1) is 0 Å². The first kappa shape index (κ1) is 10.5. The van der Waals surface area contributed by atoms with Gasteiger partial charge >= 0.3 is 0 Å². The first-order valence-electron chi connectivity index (χ1n) is 4.39. The Labute approximate surface area is 82.8 Å². The van der Waals surface area contributed by atoms with Crippen molar-refractivity contribution in [1.82, 2.24) is 10.2 Å². The standard InChI is InChI=1S/C9H14N4O/c10-3-1-2-8(6-11)13-5-4-12-7-9(13)14/h1-3,6,11-12H,4-5,7,10H2/b3-1+,8-2+,11-6?. The summed E-state index contributed by atoms with van der Waals surface area (Å²) >= 11 is 0. The molecular weight excluding hydrogens is 180 g/mol. The number of carbonyl (C=O) groups is 1. The zero-order valence-electron chi connectivity index (χ0n) is 7.86. The zero-order chi connectivity index (χ0) is 10.4. The first-order valence-corrected chi connectivity index (χ1v) is 4.39. The van der Waals surface area contributed by atoms with E-state index in [9.17, 15) is 4.79 Å². The van der Waals surface area contributed by atoms with Crippen LogP contribution < -0.4 is 11.1 Å². The molecule has 0 atom stereocenters. The van der Waals surface area contributed by atoms with Crippen LogP contribution in [-0.4, -0.2) is 36.7 Å². The second kappa shape index (κ2) is 5.18. The van der Waals surface area contributed by atoms with Crippen molar-refractivity contribution >= 4 is 12.1 Å². The predicted octanol–water partition coefficient (Wildman–Crippen LogP) is -0.576. The van der Waals surface area contributed by atoms with Gasteiger partial charge in [-0.1, -0.05) is 0 Å². The summed E-state index contributed by atoms with van der Waals surface area (Å²) in [6, 6.07) is 0. The fraction of sp³-hybridized carbons (Fsp3) is 0.333. The van der Waals surface area contributed by atoms with Crippen LogP contribution in [0.1, 0.15) is 0 Å². The number of nitrogens with one attached hydrogen (secondary N) is 2. The molecule has 1 saturated heterocycles. The number of rotatable bonds is 3. The normalized spacial score (nSPS) is 19.0. The molecule has 76 valence electrons. The highest BCUT2D eigenvalue weighted by molar-refractivity contribution is 5.88. The van der Waals surface area contributed by atoms with Gasteiger partial charge in [-0.25, -0.2) is 0 Å². The highest BCUT2D eigenvalue weighted by Gasteiger charge is 2.19. The maximum absolute atomic E-state index is 11.4. The molecular formula is C9H14N4O. The molecule has 5 nitrogen and oxygen atoms in total. The molecule has 1 rings (SSSR count). The van der Waals surface area contributed by atoms with E-state index in [-0.39, 0.29) is 5.91 Å². The highest BCUT2D eigenvalue weighted by atomic mass is 16.2. The SMILES string of the molecule is N=C/C(=C\C=C\N)N1CCNCC1=O. The van der Waals surface area contributed by atoms with E-state index in [1.807, 2.05) is 0 Å². The second-order valence-corrected chi connectivity index (χ2v) is 2.84. The molecule has 1 aliphatic heterocycles. The second-order valence-electron chi connectivity index (χ2n) is 2.84. The van der Waals surface area contributed by atoms with Crippen molar-refractivity contribution in [2.24, 2.45) is 5.73 Å². The molecule has 0 aromatic carbocycles. The maximum Gasteiger partial charge on any atom is 0.241 e. The van der Waals surface area contributed by atoms with E-state index in [0.717, 1.165) is 12.8 Å². The van der Waals surface area contributed by atoms with Gasteiger partial charge in [-0.05, 0) is 18.4 Å². The molecule has 1 amide bonds. The van der Waals surface area contributed by atoms with E-state index < -0.39 is 0 Å². The molecule has 4 N–H and O–H groups in total. The summed E-state index contributed by atoms with van der Waals surface area (Å²) in [5.41, 5.74) is 5.75. The molecule has 1 heterocycles. The van der Waals surface area contributed by atoms with Gasteiger partial charge < -0.3 is 21.4 Å².